The van der Waals surface area contributed by atoms with Crippen LogP contribution < -0.4 is 22.1 Å². The van der Waals surface area contributed by atoms with Crippen molar-refractivity contribution in [1.29, 1.82) is 0 Å². The molecule has 1 aliphatic rings. The van der Waals surface area contributed by atoms with Gasteiger partial charge in [-0.15, -0.1) is 0 Å². The number of ether oxygens (including phenoxy) is 3. The molecule has 3 heterocycles. The molecular weight excluding hydrogens is 652 g/mol. The molecule has 6 N–H and O–H groups in total. The number of aromatic nitrogens is 4. The van der Waals surface area contributed by atoms with Crippen molar-refractivity contribution >= 4 is 28.8 Å². The molecule has 0 radical (unpaired) electrons. The van der Waals surface area contributed by atoms with Gasteiger partial charge in [0.1, 0.15) is 38.3 Å². The minimum atomic E-state index is 0.103. The molecular formula is C33H56N8O9. The number of anilines is 2. The number of unbranched alkanes of at least 4 members (excludes halogenated alkanes) is 1. The Bertz CT molecular complexity index is 1260. The Kier molecular flexibility index (Phi) is 24.3. The quantitative estimate of drug-likeness (QED) is 0.0409. The van der Waals surface area contributed by atoms with Crippen LogP contribution in [0.5, 0.6) is 0 Å². The van der Waals surface area contributed by atoms with Crippen molar-refractivity contribution < 1.29 is 43.6 Å². The van der Waals surface area contributed by atoms with Gasteiger partial charge in [0, 0.05) is 31.6 Å². The molecule has 0 fully saturated rings. The van der Waals surface area contributed by atoms with E-state index in [2.05, 4.69) is 53.6 Å². The van der Waals surface area contributed by atoms with Crippen LogP contribution in [-0.2, 0) is 56.6 Å². The van der Waals surface area contributed by atoms with Crippen molar-refractivity contribution in [2.75, 3.05) is 97.3 Å². The minimum absolute atomic E-state index is 0.103. The fourth-order valence-electron chi connectivity index (χ4n) is 4.59. The average molecular weight is 709 g/mol. The van der Waals surface area contributed by atoms with E-state index < -0.39 is 0 Å². The zero-order valence-corrected chi connectivity index (χ0v) is 29.7. The standard InChI is InChI=1S/C18H23N7.C13H27NO9.C2H6/c1-20-8-4-5-9-25-18-15(17(19)21-11-22-18)16(24-25)14-10-12-6-2-3-7-13(12)23-14;14-2-5-16-8-11-19-20-12-9-17-6-7-18-10-13-22-23-21-4-1-3-15;1-2/h2-3,6-7,11,14,20,23H,4-5,8-10H2,1H3,(H2,19,21,22);3H,1-2,4-14H2;1-2H3. The van der Waals surface area contributed by atoms with Crippen LogP contribution in [0.3, 0.4) is 0 Å². The number of carbonyl (C=O) groups excluding carboxylic acids is 1. The first kappa shape index (κ1) is 42.8. The van der Waals surface area contributed by atoms with Crippen molar-refractivity contribution in [3.05, 3.63) is 41.9 Å². The van der Waals surface area contributed by atoms with E-state index in [-0.39, 0.29) is 25.7 Å². The van der Waals surface area contributed by atoms with Crippen molar-refractivity contribution in [2.24, 2.45) is 5.73 Å². The van der Waals surface area contributed by atoms with Gasteiger partial charge in [-0.3, -0.25) is 0 Å². The molecule has 0 spiro atoms. The second-order valence-electron chi connectivity index (χ2n) is 10.4. The summed E-state index contributed by atoms with van der Waals surface area (Å²) in [5, 5.41) is 16.8. The summed E-state index contributed by atoms with van der Waals surface area (Å²) < 4.78 is 17.5. The van der Waals surface area contributed by atoms with Gasteiger partial charge in [0.25, 0.3) is 0 Å². The smallest absolute Gasteiger partial charge is 0.163 e. The summed E-state index contributed by atoms with van der Waals surface area (Å²) in [6.45, 7) is 9.91. The van der Waals surface area contributed by atoms with Gasteiger partial charge in [-0.2, -0.15) is 5.10 Å². The third-order valence-electron chi connectivity index (χ3n) is 6.80. The van der Waals surface area contributed by atoms with E-state index in [4.69, 9.17) is 40.6 Å². The lowest BCUT2D eigenvalue weighted by Crippen LogP contribution is -2.14. The fraction of sp³-hybridized carbons (Fsp3) is 0.636. The predicted molar refractivity (Wildman–Crippen MR) is 188 cm³/mol. The monoisotopic (exact) mass is 708 g/mol. The zero-order valence-electron chi connectivity index (χ0n) is 29.7. The molecule has 4 rings (SSSR count). The van der Waals surface area contributed by atoms with E-state index in [0.717, 1.165) is 55.4 Å². The van der Waals surface area contributed by atoms with Gasteiger partial charge in [-0.05, 0) is 38.1 Å². The van der Waals surface area contributed by atoms with E-state index in [1.807, 2.05) is 31.6 Å². The van der Waals surface area contributed by atoms with E-state index in [1.165, 1.54) is 17.6 Å². The summed E-state index contributed by atoms with van der Waals surface area (Å²) in [5.41, 5.74) is 15.7. The van der Waals surface area contributed by atoms with Crippen molar-refractivity contribution in [3.8, 4) is 0 Å². The molecule has 282 valence electrons. The number of para-hydroxylation sites is 1. The molecule has 50 heavy (non-hydrogen) atoms. The second-order valence-corrected chi connectivity index (χ2v) is 10.4. The number of fused-ring (bicyclic) bond motifs is 2. The highest BCUT2D eigenvalue weighted by molar-refractivity contribution is 5.89. The van der Waals surface area contributed by atoms with Crippen LogP contribution in [0.4, 0.5) is 11.5 Å². The first-order chi connectivity index (χ1) is 24.7. The molecule has 0 saturated carbocycles. The summed E-state index contributed by atoms with van der Waals surface area (Å²) in [6.07, 6.45) is 5.54. The van der Waals surface area contributed by atoms with Gasteiger partial charge in [-0.25, -0.2) is 34.2 Å². The Labute approximate surface area is 294 Å². The number of aldehydes is 1. The molecule has 1 aromatic carbocycles. The maximum Gasteiger partial charge on any atom is 0.163 e. The molecule has 3 aromatic rings. The first-order valence-corrected chi connectivity index (χ1v) is 17.2. The second kappa shape index (κ2) is 28.3. The number of nitrogens with zero attached hydrogens (tertiary/aromatic N) is 4. The van der Waals surface area contributed by atoms with Crippen molar-refractivity contribution in [1.82, 2.24) is 25.1 Å². The van der Waals surface area contributed by atoms with Crippen LogP contribution >= 0.6 is 0 Å². The molecule has 1 aliphatic heterocycles. The van der Waals surface area contributed by atoms with E-state index in [0.29, 0.717) is 65.2 Å². The topological polar surface area (TPSA) is 211 Å². The maximum atomic E-state index is 9.96. The molecule has 17 heteroatoms. The third kappa shape index (κ3) is 16.6. The molecule has 0 bridgehead atoms. The Morgan fingerprint density at radius 1 is 0.900 bits per heavy atom. The SMILES string of the molecule is CC.CNCCCCn1nc(C2Cc3ccccc3N2)c2c(N)ncnc21.NCCOCCOOCCOCCOCCOOOCCC=O. The van der Waals surface area contributed by atoms with Gasteiger partial charge in [-0.1, -0.05) is 37.1 Å². The highest BCUT2D eigenvalue weighted by Crippen LogP contribution is 2.37. The first-order valence-electron chi connectivity index (χ1n) is 17.2. The van der Waals surface area contributed by atoms with Crippen LogP contribution in [-0.4, -0.2) is 112 Å². The number of rotatable bonds is 26. The molecule has 17 nitrogen and oxygen atoms in total. The van der Waals surface area contributed by atoms with E-state index >= 15 is 0 Å². The number of benzene rings is 1. The fourth-order valence-corrected chi connectivity index (χ4v) is 4.59. The Morgan fingerprint density at radius 2 is 1.56 bits per heavy atom. The lowest BCUT2D eigenvalue weighted by atomic mass is 10.1. The maximum absolute atomic E-state index is 9.96. The average Bonchev–Trinajstić information content (AvgIpc) is 3.75. The highest BCUT2D eigenvalue weighted by atomic mass is 17.5. The molecule has 0 aliphatic carbocycles. The number of hydrogen-bond donors (Lipinski definition) is 4. The number of nitrogens with two attached hydrogens (primary N) is 2. The number of nitrogen functional groups attached to an aromatic ring is 1. The lowest BCUT2D eigenvalue weighted by molar-refractivity contribution is -0.512. The molecule has 1 unspecified atom stereocenters. The van der Waals surface area contributed by atoms with Gasteiger partial charge in [0.15, 0.2) is 5.65 Å². The highest BCUT2D eigenvalue weighted by Gasteiger charge is 2.28. The third-order valence-corrected chi connectivity index (χ3v) is 6.80. The molecule has 0 saturated heterocycles. The summed E-state index contributed by atoms with van der Waals surface area (Å²) in [6, 6.07) is 8.47. The predicted octanol–water partition coefficient (Wildman–Crippen LogP) is 2.56. The Hall–Kier alpha value is -3.36. The largest absolute Gasteiger partial charge is 0.383 e. The van der Waals surface area contributed by atoms with Crippen LogP contribution in [0.1, 0.15) is 50.4 Å². The Morgan fingerprint density at radius 3 is 2.24 bits per heavy atom. The van der Waals surface area contributed by atoms with Gasteiger partial charge >= 0.3 is 0 Å². The summed E-state index contributed by atoms with van der Waals surface area (Å²) >= 11 is 0. The molecule has 2 aromatic heterocycles. The molecule has 1 atom stereocenters. The van der Waals surface area contributed by atoms with Crippen LogP contribution in [0.15, 0.2) is 30.6 Å². The van der Waals surface area contributed by atoms with Gasteiger partial charge in [0.2, 0.25) is 0 Å². The van der Waals surface area contributed by atoms with Crippen LogP contribution in [0, 0.1) is 0 Å². The lowest BCUT2D eigenvalue weighted by Gasteiger charge is -2.09. The number of hydrogen-bond acceptors (Lipinski definition) is 16. The number of carbonyl (C=O) groups is 1. The van der Waals surface area contributed by atoms with Gasteiger partial charge in [0.05, 0.1) is 63.4 Å². The number of nitrogens with one attached hydrogen (secondary N) is 2. The zero-order chi connectivity index (χ0) is 36.1. The van der Waals surface area contributed by atoms with Gasteiger partial charge < -0.3 is 41.1 Å². The summed E-state index contributed by atoms with van der Waals surface area (Å²) in [4.78, 5) is 37.5. The van der Waals surface area contributed by atoms with Crippen LogP contribution in [0.25, 0.3) is 11.0 Å². The molecule has 0 amide bonds. The van der Waals surface area contributed by atoms with Crippen LogP contribution in [0.2, 0.25) is 0 Å². The number of aryl methyl sites for hydroxylation is 1. The Balaban J connectivity index is 0.000000332. The van der Waals surface area contributed by atoms with Crippen molar-refractivity contribution in [3.63, 3.8) is 0 Å². The van der Waals surface area contributed by atoms with Crippen molar-refractivity contribution in [2.45, 2.75) is 52.1 Å². The minimum Gasteiger partial charge on any atom is -0.383 e. The van der Waals surface area contributed by atoms with E-state index in [1.54, 1.807) is 0 Å². The summed E-state index contributed by atoms with van der Waals surface area (Å²) in [5.74, 6) is 0.499. The normalized spacial score (nSPS) is 13.2. The van der Waals surface area contributed by atoms with E-state index in [9.17, 15) is 4.79 Å². The summed E-state index contributed by atoms with van der Waals surface area (Å²) in [7, 11) is 1.97.